The Morgan fingerprint density at radius 3 is 2.45 bits per heavy atom. The van der Waals surface area contributed by atoms with Gasteiger partial charge in [0, 0.05) is 49.6 Å². The quantitative estimate of drug-likeness (QED) is 0.483. The molecule has 0 spiro atoms. The van der Waals surface area contributed by atoms with Gasteiger partial charge in [-0.05, 0) is 29.2 Å². The SMILES string of the molecule is CC(C)(C)CC(=O)N(CCN1CCOCC1)CC(=O)N1N=C(c2ccccc2F)C[C@@H]1c1ccc(Cl)cc1. The van der Waals surface area contributed by atoms with Crippen molar-refractivity contribution in [2.45, 2.75) is 39.7 Å². The lowest BCUT2D eigenvalue weighted by molar-refractivity contribution is -0.142. The number of hydrazone groups is 1. The number of hydrogen-bond donors (Lipinski definition) is 0. The Morgan fingerprint density at radius 1 is 1.11 bits per heavy atom. The minimum absolute atomic E-state index is 0.0698. The fourth-order valence-electron chi connectivity index (χ4n) is 4.72. The van der Waals surface area contributed by atoms with E-state index in [4.69, 9.17) is 16.3 Å². The summed E-state index contributed by atoms with van der Waals surface area (Å²) in [4.78, 5) is 31.0. The van der Waals surface area contributed by atoms with E-state index in [0.29, 0.717) is 55.4 Å². The average Bonchev–Trinajstić information content (AvgIpc) is 3.32. The second kappa shape index (κ2) is 12.4. The largest absolute Gasteiger partial charge is 0.379 e. The summed E-state index contributed by atoms with van der Waals surface area (Å²) in [5, 5.41) is 6.60. The van der Waals surface area contributed by atoms with Crippen molar-refractivity contribution in [3.8, 4) is 0 Å². The number of benzene rings is 2. The number of morpholine rings is 1. The zero-order chi connectivity index (χ0) is 27.3. The Balaban J connectivity index is 1.58. The third-order valence-electron chi connectivity index (χ3n) is 6.76. The van der Waals surface area contributed by atoms with Crippen LogP contribution < -0.4 is 0 Å². The third kappa shape index (κ3) is 7.40. The molecule has 2 aromatic rings. The maximum absolute atomic E-state index is 14.6. The number of rotatable bonds is 8. The Bertz CT molecular complexity index is 1160. The summed E-state index contributed by atoms with van der Waals surface area (Å²) in [6.07, 6.45) is 0.686. The minimum atomic E-state index is -0.423. The van der Waals surface area contributed by atoms with Gasteiger partial charge in [-0.3, -0.25) is 14.5 Å². The van der Waals surface area contributed by atoms with Gasteiger partial charge in [0.25, 0.3) is 5.91 Å². The summed E-state index contributed by atoms with van der Waals surface area (Å²) in [5.41, 5.74) is 1.50. The first-order valence-corrected chi connectivity index (χ1v) is 13.5. The van der Waals surface area contributed by atoms with Crippen molar-refractivity contribution >= 4 is 29.1 Å². The zero-order valence-corrected chi connectivity index (χ0v) is 23.1. The molecule has 0 radical (unpaired) electrons. The van der Waals surface area contributed by atoms with E-state index < -0.39 is 6.04 Å². The number of hydrogen-bond acceptors (Lipinski definition) is 5. The van der Waals surface area contributed by atoms with Gasteiger partial charge >= 0.3 is 0 Å². The van der Waals surface area contributed by atoms with E-state index in [1.165, 1.54) is 11.1 Å². The van der Waals surface area contributed by atoms with Gasteiger partial charge in [0.15, 0.2) is 0 Å². The van der Waals surface area contributed by atoms with Crippen molar-refractivity contribution in [1.29, 1.82) is 0 Å². The van der Waals surface area contributed by atoms with Crippen LogP contribution in [0.4, 0.5) is 4.39 Å². The topological polar surface area (TPSA) is 65.5 Å². The molecule has 38 heavy (non-hydrogen) atoms. The lowest BCUT2D eigenvalue weighted by Gasteiger charge is -2.32. The van der Waals surface area contributed by atoms with Crippen LogP contribution >= 0.6 is 11.6 Å². The molecule has 9 heteroatoms. The van der Waals surface area contributed by atoms with Crippen molar-refractivity contribution < 1.29 is 18.7 Å². The van der Waals surface area contributed by atoms with Gasteiger partial charge in [0.1, 0.15) is 12.4 Å². The Hall–Kier alpha value is -2.81. The van der Waals surface area contributed by atoms with Crippen molar-refractivity contribution in [3.05, 3.63) is 70.5 Å². The van der Waals surface area contributed by atoms with Crippen LogP contribution in [0.5, 0.6) is 0 Å². The predicted octanol–water partition coefficient (Wildman–Crippen LogP) is 4.75. The number of carbonyl (C=O) groups is 2. The van der Waals surface area contributed by atoms with E-state index in [0.717, 1.165) is 18.7 Å². The Kier molecular flexibility index (Phi) is 9.18. The van der Waals surface area contributed by atoms with Crippen LogP contribution in [0.1, 0.15) is 50.8 Å². The number of nitrogens with zero attached hydrogens (tertiary/aromatic N) is 4. The lowest BCUT2D eigenvalue weighted by atomic mass is 9.91. The molecule has 0 aliphatic carbocycles. The number of carbonyl (C=O) groups excluding carboxylic acids is 2. The monoisotopic (exact) mass is 542 g/mol. The highest BCUT2D eigenvalue weighted by Gasteiger charge is 2.35. The van der Waals surface area contributed by atoms with E-state index in [2.05, 4.69) is 10.0 Å². The molecule has 2 aromatic carbocycles. The van der Waals surface area contributed by atoms with Crippen LogP contribution in [0, 0.1) is 11.2 Å². The summed E-state index contributed by atoms with van der Waals surface area (Å²) < 4.78 is 20.1. The summed E-state index contributed by atoms with van der Waals surface area (Å²) in [7, 11) is 0. The van der Waals surface area contributed by atoms with Gasteiger partial charge in [0.2, 0.25) is 5.91 Å². The van der Waals surface area contributed by atoms with Crippen LogP contribution in [0.2, 0.25) is 5.02 Å². The van der Waals surface area contributed by atoms with Crippen molar-refractivity contribution in [3.63, 3.8) is 0 Å². The van der Waals surface area contributed by atoms with Crippen LogP contribution in [-0.2, 0) is 14.3 Å². The molecule has 1 fully saturated rings. The first-order chi connectivity index (χ1) is 18.1. The second-order valence-corrected chi connectivity index (χ2v) is 11.5. The molecule has 2 aliphatic heterocycles. The predicted molar refractivity (Wildman–Crippen MR) is 147 cm³/mol. The number of ether oxygens (including phenoxy) is 1. The third-order valence-corrected chi connectivity index (χ3v) is 7.01. The molecule has 2 heterocycles. The molecular weight excluding hydrogens is 507 g/mol. The van der Waals surface area contributed by atoms with Gasteiger partial charge in [0.05, 0.1) is 25.0 Å². The molecule has 2 aliphatic rings. The summed E-state index contributed by atoms with van der Waals surface area (Å²) in [6, 6.07) is 13.3. The molecule has 0 saturated carbocycles. The first-order valence-electron chi connectivity index (χ1n) is 13.1. The van der Waals surface area contributed by atoms with Gasteiger partial charge < -0.3 is 9.64 Å². The van der Waals surface area contributed by atoms with Crippen LogP contribution in [0.25, 0.3) is 0 Å². The summed E-state index contributed by atoms with van der Waals surface area (Å²) in [6.45, 7) is 9.96. The normalized spacial score (nSPS) is 18.4. The molecule has 4 rings (SSSR count). The standard InChI is InChI=1S/C29H36ClFN4O3/c1-29(2,3)19-27(36)34(13-12-33-14-16-38-17-15-33)20-28(37)35-26(21-8-10-22(30)11-9-21)18-25(32-35)23-6-4-5-7-24(23)31/h4-11,26H,12-20H2,1-3H3/t26-/m1/s1. The zero-order valence-electron chi connectivity index (χ0n) is 22.3. The highest BCUT2D eigenvalue weighted by atomic mass is 35.5. The van der Waals surface area contributed by atoms with E-state index in [9.17, 15) is 14.0 Å². The molecule has 7 nitrogen and oxygen atoms in total. The van der Waals surface area contributed by atoms with Crippen LogP contribution in [0.15, 0.2) is 53.6 Å². The van der Waals surface area contributed by atoms with E-state index in [1.54, 1.807) is 35.2 Å². The Labute approximate surface area is 229 Å². The minimum Gasteiger partial charge on any atom is -0.379 e. The van der Waals surface area contributed by atoms with Crippen molar-refractivity contribution in [2.75, 3.05) is 45.9 Å². The van der Waals surface area contributed by atoms with Crippen LogP contribution in [0.3, 0.4) is 0 Å². The second-order valence-electron chi connectivity index (χ2n) is 11.0. The highest BCUT2D eigenvalue weighted by molar-refractivity contribution is 6.30. The lowest BCUT2D eigenvalue weighted by Crippen LogP contribution is -2.47. The van der Waals surface area contributed by atoms with Crippen molar-refractivity contribution in [1.82, 2.24) is 14.8 Å². The molecule has 0 bridgehead atoms. The number of amides is 2. The van der Waals surface area contributed by atoms with Crippen molar-refractivity contribution in [2.24, 2.45) is 10.5 Å². The molecular formula is C29H36ClFN4O3. The van der Waals surface area contributed by atoms with Gasteiger partial charge in [-0.25, -0.2) is 9.40 Å². The van der Waals surface area contributed by atoms with Gasteiger partial charge in [-0.1, -0.05) is 62.7 Å². The highest BCUT2D eigenvalue weighted by Crippen LogP contribution is 2.34. The van der Waals surface area contributed by atoms with Gasteiger partial charge in [-0.2, -0.15) is 5.10 Å². The molecule has 0 unspecified atom stereocenters. The van der Waals surface area contributed by atoms with E-state index in [1.807, 2.05) is 32.9 Å². The maximum atomic E-state index is 14.6. The molecule has 0 N–H and O–H groups in total. The average molecular weight is 543 g/mol. The van der Waals surface area contributed by atoms with Gasteiger partial charge in [-0.15, -0.1) is 0 Å². The molecule has 204 valence electrons. The smallest absolute Gasteiger partial charge is 0.262 e. The molecule has 1 saturated heterocycles. The summed E-state index contributed by atoms with van der Waals surface area (Å²) in [5.74, 6) is -0.761. The fourth-order valence-corrected chi connectivity index (χ4v) is 4.85. The van der Waals surface area contributed by atoms with E-state index >= 15 is 0 Å². The Morgan fingerprint density at radius 2 is 1.79 bits per heavy atom. The van der Waals surface area contributed by atoms with Crippen LogP contribution in [-0.4, -0.2) is 78.3 Å². The maximum Gasteiger partial charge on any atom is 0.262 e. The molecule has 1 atom stereocenters. The number of halogens is 2. The summed E-state index contributed by atoms with van der Waals surface area (Å²) >= 11 is 6.10. The van der Waals surface area contributed by atoms with E-state index in [-0.39, 0.29) is 29.6 Å². The fraction of sp³-hybridized carbons (Fsp3) is 0.483. The molecule has 2 amide bonds. The first kappa shape index (κ1) is 28.2. The molecule has 0 aromatic heterocycles.